The minimum atomic E-state index is -0.957. The number of benzene rings is 1. The highest BCUT2D eigenvalue weighted by Crippen LogP contribution is 2.13. The van der Waals surface area contributed by atoms with Gasteiger partial charge in [-0.3, -0.25) is 24.0 Å². The zero-order valence-corrected chi connectivity index (χ0v) is 23.6. The number of nitrogens with one attached hydrogen (secondary N) is 3. The SMILES string of the molecule is Cc1cc(C(=O)N2CCCNC(=O)[C@H](Cc3ccccc3)NC(=O)CN(C)C(=O)[C@H](C(C)C)NC(=O)[C@H]2C)no1. The Labute approximate surface area is 233 Å². The van der Waals surface area contributed by atoms with E-state index in [1.165, 1.54) is 22.9 Å². The average Bonchev–Trinajstić information content (AvgIpc) is 3.36. The van der Waals surface area contributed by atoms with Gasteiger partial charge in [-0.2, -0.15) is 0 Å². The molecule has 12 heteroatoms. The molecule has 1 saturated heterocycles. The lowest BCUT2D eigenvalue weighted by molar-refractivity contribution is -0.140. The van der Waals surface area contributed by atoms with E-state index in [9.17, 15) is 24.0 Å². The number of likely N-dealkylation sites (N-methyl/N-ethyl adjacent to an activating group) is 1. The van der Waals surface area contributed by atoms with E-state index in [-0.39, 0.29) is 37.7 Å². The third-order valence-electron chi connectivity index (χ3n) is 6.75. The number of rotatable bonds is 4. The van der Waals surface area contributed by atoms with E-state index in [0.29, 0.717) is 12.2 Å². The van der Waals surface area contributed by atoms with Crippen LogP contribution in [0, 0.1) is 12.8 Å². The van der Waals surface area contributed by atoms with E-state index in [1.54, 1.807) is 27.7 Å². The summed E-state index contributed by atoms with van der Waals surface area (Å²) in [7, 11) is 1.46. The maximum absolute atomic E-state index is 13.3. The van der Waals surface area contributed by atoms with Crippen LogP contribution in [0.2, 0.25) is 0 Å². The molecule has 0 bridgehead atoms. The third-order valence-corrected chi connectivity index (χ3v) is 6.75. The van der Waals surface area contributed by atoms with Gasteiger partial charge in [0.1, 0.15) is 23.9 Å². The van der Waals surface area contributed by atoms with Crippen LogP contribution >= 0.6 is 0 Å². The molecule has 0 aliphatic carbocycles. The molecule has 12 nitrogen and oxygen atoms in total. The quantitative estimate of drug-likeness (QED) is 0.502. The van der Waals surface area contributed by atoms with Crippen molar-refractivity contribution in [3.63, 3.8) is 0 Å². The molecular formula is C28H38N6O6. The largest absolute Gasteiger partial charge is 0.361 e. The van der Waals surface area contributed by atoms with Gasteiger partial charge in [-0.15, -0.1) is 0 Å². The molecule has 216 valence electrons. The molecule has 3 N–H and O–H groups in total. The van der Waals surface area contributed by atoms with Gasteiger partial charge in [0.05, 0.1) is 6.54 Å². The number of carbonyl (C=O) groups excluding carboxylic acids is 5. The zero-order chi connectivity index (χ0) is 29.4. The molecule has 1 aromatic carbocycles. The van der Waals surface area contributed by atoms with Crippen molar-refractivity contribution in [1.29, 1.82) is 0 Å². The topological polar surface area (TPSA) is 154 Å². The van der Waals surface area contributed by atoms with E-state index in [2.05, 4.69) is 21.1 Å². The second-order valence-corrected chi connectivity index (χ2v) is 10.4. The van der Waals surface area contributed by atoms with Gasteiger partial charge in [0.2, 0.25) is 23.6 Å². The van der Waals surface area contributed by atoms with E-state index >= 15 is 0 Å². The fourth-order valence-electron chi connectivity index (χ4n) is 4.43. The lowest BCUT2D eigenvalue weighted by Crippen LogP contribution is -2.57. The van der Waals surface area contributed by atoms with Crippen LogP contribution in [-0.2, 0) is 25.6 Å². The van der Waals surface area contributed by atoms with Crippen molar-refractivity contribution in [3.8, 4) is 0 Å². The van der Waals surface area contributed by atoms with Crippen LogP contribution in [0.3, 0.4) is 0 Å². The lowest BCUT2D eigenvalue weighted by Gasteiger charge is -2.32. The first-order chi connectivity index (χ1) is 19.0. The number of hydrogen-bond donors (Lipinski definition) is 3. The summed E-state index contributed by atoms with van der Waals surface area (Å²) < 4.78 is 5.05. The minimum absolute atomic E-state index is 0.0532. The first kappa shape index (κ1) is 30.3. The molecular weight excluding hydrogens is 516 g/mol. The molecule has 5 amide bonds. The van der Waals surface area contributed by atoms with E-state index in [0.717, 1.165) is 5.56 Å². The van der Waals surface area contributed by atoms with Gasteiger partial charge < -0.3 is 30.3 Å². The maximum atomic E-state index is 13.3. The maximum Gasteiger partial charge on any atom is 0.276 e. The first-order valence-corrected chi connectivity index (χ1v) is 13.4. The Balaban J connectivity index is 1.89. The third kappa shape index (κ3) is 7.90. The van der Waals surface area contributed by atoms with Crippen molar-refractivity contribution < 1.29 is 28.5 Å². The van der Waals surface area contributed by atoms with E-state index < -0.39 is 47.7 Å². The molecule has 3 rings (SSSR count). The summed E-state index contributed by atoms with van der Waals surface area (Å²) in [6, 6.07) is 8.00. The molecule has 1 aliphatic rings. The predicted molar refractivity (Wildman–Crippen MR) is 146 cm³/mol. The Kier molecular flexibility index (Phi) is 10.4. The Morgan fingerprint density at radius 3 is 2.42 bits per heavy atom. The number of carbonyl (C=O) groups is 5. The normalized spacial score (nSPS) is 22.1. The number of aryl methyl sites for hydroxylation is 1. The van der Waals surface area contributed by atoms with Crippen LogP contribution in [0.1, 0.15) is 49.0 Å². The lowest BCUT2D eigenvalue weighted by atomic mass is 10.0. The van der Waals surface area contributed by atoms with Crippen LogP contribution in [0.15, 0.2) is 40.9 Å². The van der Waals surface area contributed by atoms with Gasteiger partial charge in [-0.05, 0) is 31.7 Å². The summed E-state index contributed by atoms with van der Waals surface area (Å²) in [5, 5.41) is 12.1. The molecule has 1 aliphatic heterocycles. The molecule has 1 aromatic heterocycles. The molecule has 2 aromatic rings. The van der Waals surface area contributed by atoms with Crippen LogP contribution in [0.4, 0.5) is 0 Å². The van der Waals surface area contributed by atoms with Crippen molar-refractivity contribution in [2.45, 2.75) is 58.7 Å². The Morgan fingerprint density at radius 1 is 1.10 bits per heavy atom. The smallest absolute Gasteiger partial charge is 0.276 e. The van der Waals surface area contributed by atoms with Gasteiger partial charge in [-0.25, -0.2) is 0 Å². The Morgan fingerprint density at radius 2 is 1.80 bits per heavy atom. The Bertz CT molecular complexity index is 1210. The highest BCUT2D eigenvalue weighted by molar-refractivity contribution is 5.97. The van der Waals surface area contributed by atoms with Gasteiger partial charge in [0.15, 0.2) is 5.69 Å². The number of hydrogen-bond acceptors (Lipinski definition) is 7. The standard InChI is InChI=1S/C28H38N6O6/c1-17(2)24-28(39)33(5)16-23(35)30-21(15-20-10-7-6-8-11-20)26(37)29-12-9-13-34(19(4)25(36)31-24)27(38)22-14-18(3)40-32-22/h6-8,10-11,14,17,19,21,24H,9,12-13,15-16H2,1-5H3,(H,29,37)(H,30,35)(H,31,36)/t19-,21+,24+/m1/s1. The number of aromatic nitrogens is 1. The zero-order valence-electron chi connectivity index (χ0n) is 23.6. The van der Waals surface area contributed by atoms with Gasteiger partial charge >= 0.3 is 0 Å². The van der Waals surface area contributed by atoms with Crippen molar-refractivity contribution >= 4 is 29.5 Å². The molecule has 0 unspecified atom stereocenters. The summed E-state index contributed by atoms with van der Waals surface area (Å²) in [5.74, 6) is -2.25. The summed E-state index contributed by atoms with van der Waals surface area (Å²) in [6.07, 6.45) is 0.584. The minimum Gasteiger partial charge on any atom is -0.361 e. The van der Waals surface area contributed by atoms with Gasteiger partial charge in [0, 0.05) is 32.6 Å². The fourth-order valence-corrected chi connectivity index (χ4v) is 4.43. The van der Waals surface area contributed by atoms with E-state index in [1.807, 2.05) is 30.3 Å². The fraction of sp³-hybridized carbons (Fsp3) is 0.500. The number of amides is 5. The van der Waals surface area contributed by atoms with Crippen LogP contribution < -0.4 is 16.0 Å². The molecule has 2 heterocycles. The van der Waals surface area contributed by atoms with Gasteiger partial charge in [0.25, 0.3) is 5.91 Å². The monoisotopic (exact) mass is 554 g/mol. The molecule has 1 fully saturated rings. The van der Waals surface area contributed by atoms with E-state index in [4.69, 9.17) is 4.52 Å². The molecule has 40 heavy (non-hydrogen) atoms. The van der Waals surface area contributed by atoms with Crippen molar-refractivity contribution in [2.75, 3.05) is 26.7 Å². The summed E-state index contributed by atoms with van der Waals surface area (Å²) in [5.41, 5.74) is 0.912. The highest BCUT2D eigenvalue weighted by Gasteiger charge is 2.34. The summed E-state index contributed by atoms with van der Waals surface area (Å²) in [6.45, 7) is 6.80. The highest BCUT2D eigenvalue weighted by atomic mass is 16.5. The number of nitrogens with zero attached hydrogens (tertiary/aromatic N) is 3. The van der Waals surface area contributed by atoms with Crippen molar-refractivity contribution in [2.24, 2.45) is 5.92 Å². The first-order valence-electron chi connectivity index (χ1n) is 13.4. The predicted octanol–water partition coefficient (Wildman–Crippen LogP) is 0.660. The molecule has 3 atom stereocenters. The van der Waals surface area contributed by atoms with Crippen LogP contribution in [0.25, 0.3) is 0 Å². The second-order valence-electron chi connectivity index (χ2n) is 10.4. The van der Waals surface area contributed by atoms with Crippen LogP contribution in [-0.4, -0.2) is 89.3 Å². The van der Waals surface area contributed by atoms with Crippen molar-refractivity contribution in [3.05, 3.63) is 53.4 Å². The average molecular weight is 555 g/mol. The van der Waals surface area contributed by atoms with Crippen molar-refractivity contribution in [1.82, 2.24) is 30.9 Å². The molecule has 0 saturated carbocycles. The summed E-state index contributed by atoms with van der Waals surface area (Å²) >= 11 is 0. The van der Waals surface area contributed by atoms with Crippen LogP contribution in [0.5, 0.6) is 0 Å². The molecule has 0 radical (unpaired) electrons. The molecule has 0 spiro atoms. The van der Waals surface area contributed by atoms with Gasteiger partial charge in [-0.1, -0.05) is 49.3 Å². The Hall–Kier alpha value is -4.22. The second kappa shape index (κ2) is 13.7. The summed E-state index contributed by atoms with van der Waals surface area (Å²) in [4.78, 5) is 68.5.